The summed E-state index contributed by atoms with van der Waals surface area (Å²) in [6, 6.07) is 11.9. The van der Waals surface area contributed by atoms with Crippen LogP contribution in [0, 0.1) is 6.92 Å². The lowest BCUT2D eigenvalue weighted by Crippen LogP contribution is -2.18. The normalized spacial score (nSPS) is 10.4. The molecular weight excluding hydrogens is 236 g/mol. The van der Waals surface area contributed by atoms with Crippen molar-refractivity contribution in [2.75, 3.05) is 5.32 Å². The summed E-state index contributed by atoms with van der Waals surface area (Å²) < 4.78 is 1.75. The maximum atomic E-state index is 11.6. The van der Waals surface area contributed by atoms with Crippen molar-refractivity contribution in [2.45, 2.75) is 33.4 Å². The Hall–Kier alpha value is -2.03. The number of aromatic nitrogens is 1. The van der Waals surface area contributed by atoms with Crippen LogP contribution in [0.25, 0.3) is 0 Å². The summed E-state index contributed by atoms with van der Waals surface area (Å²) in [7, 11) is 0. The van der Waals surface area contributed by atoms with Gasteiger partial charge >= 0.3 is 0 Å². The van der Waals surface area contributed by atoms with Crippen molar-refractivity contribution in [3.05, 3.63) is 64.1 Å². The monoisotopic (exact) mass is 256 g/mol. The maximum Gasteiger partial charge on any atom is 0.250 e. The summed E-state index contributed by atoms with van der Waals surface area (Å²) in [5.74, 6) is 0. The van der Waals surface area contributed by atoms with E-state index in [1.807, 2.05) is 12.3 Å². The molecular formula is C16H20N2O. The highest BCUT2D eigenvalue weighted by Crippen LogP contribution is 2.09. The second-order valence-corrected chi connectivity index (χ2v) is 4.79. The molecule has 1 aromatic heterocycles. The average molecular weight is 256 g/mol. The molecule has 0 atom stereocenters. The Morgan fingerprint density at radius 3 is 2.79 bits per heavy atom. The van der Waals surface area contributed by atoms with E-state index in [1.165, 1.54) is 11.1 Å². The van der Waals surface area contributed by atoms with Gasteiger partial charge in [-0.05, 0) is 25.0 Å². The van der Waals surface area contributed by atoms with Crippen LogP contribution in [0.4, 0.5) is 5.69 Å². The van der Waals surface area contributed by atoms with E-state index in [1.54, 1.807) is 10.6 Å². The van der Waals surface area contributed by atoms with E-state index in [9.17, 15) is 4.79 Å². The molecule has 0 saturated heterocycles. The zero-order chi connectivity index (χ0) is 13.7. The molecule has 1 heterocycles. The minimum absolute atomic E-state index is 0.0583. The fourth-order valence-electron chi connectivity index (χ4n) is 2.08. The molecule has 3 heteroatoms. The van der Waals surface area contributed by atoms with Gasteiger partial charge in [0.15, 0.2) is 0 Å². The molecule has 2 rings (SSSR count). The van der Waals surface area contributed by atoms with Crippen LogP contribution in [0.2, 0.25) is 0 Å². The van der Waals surface area contributed by atoms with Crippen molar-refractivity contribution in [3.63, 3.8) is 0 Å². The van der Waals surface area contributed by atoms with E-state index in [0.717, 1.165) is 25.2 Å². The van der Waals surface area contributed by atoms with Crippen LogP contribution in [0.3, 0.4) is 0 Å². The van der Waals surface area contributed by atoms with Gasteiger partial charge in [-0.1, -0.05) is 36.8 Å². The number of aryl methyl sites for hydroxylation is 2. The molecule has 0 saturated carbocycles. The molecule has 0 amide bonds. The summed E-state index contributed by atoms with van der Waals surface area (Å²) in [6.45, 7) is 5.69. The zero-order valence-corrected chi connectivity index (χ0v) is 11.5. The average Bonchev–Trinajstić information content (AvgIpc) is 2.40. The van der Waals surface area contributed by atoms with Gasteiger partial charge in [0.2, 0.25) is 0 Å². The molecule has 0 radical (unpaired) electrons. The van der Waals surface area contributed by atoms with Crippen molar-refractivity contribution >= 4 is 5.69 Å². The zero-order valence-electron chi connectivity index (χ0n) is 11.5. The number of benzene rings is 1. The molecule has 19 heavy (non-hydrogen) atoms. The first-order valence-electron chi connectivity index (χ1n) is 6.69. The predicted molar refractivity (Wildman–Crippen MR) is 79.5 cm³/mol. The summed E-state index contributed by atoms with van der Waals surface area (Å²) in [4.78, 5) is 11.6. The van der Waals surface area contributed by atoms with Crippen LogP contribution < -0.4 is 10.9 Å². The number of hydrogen-bond donors (Lipinski definition) is 1. The van der Waals surface area contributed by atoms with Crippen molar-refractivity contribution < 1.29 is 0 Å². The Morgan fingerprint density at radius 2 is 2.05 bits per heavy atom. The highest BCUT2D eigenvalue weighted by molar-refractivity contribution is 5.41. The molecule has 0 spiro atoms. The first kappa shape index (κ1) is 13.4. The highest BCUT2D eigenvalue weighted by Gasteiger charge is 1.98. The molecule has 0 fully saturated rings. The van der Waals surface area contributed by atoms with Crippen molar-refractivity contribution in [3.8, 4) is 0 Å². The van der Waals surface area contributed by atoms with Gasteiger partial charge in [0.25, 0.3) is 5.56 Å². The summed E-state index contributed by atoms with van der Waals surface area (Å²) >= 11 is 0. The van der Waals surface area contributed by atoms with E-state index in [2.05, 4.69) is 43.4 Å². The minimum atomic E-state index is 0.0583. The fraction of sp³-hybridized carbons (Fsp3) is 0.312. The summed E-state index contributed by atoms with van der Waals surface area (Å²) in [5, 5.41) is 3.35. The molecule has 0 aliphatic carbocycles. The molecule has 100 valence electrons. The summed E-state index contributed by atoms with van der Waals surface area (Å²) in [6.07, 6.45) is 2.85. The Balaban J connectivity index is 2.07. The van der Waals surface area contributed by atoms with Crippen LogP contribution >= 0.6 is 0 Å². The topological polar surface area (TPSA) is 34.0 Å². The van der Waals surface area contributed by atoms with E-state index in [4.69, 9.17) is 0 Å². The van der Waals surface area contributed by atoms with Gasteiger partial charge in [0.1, 0.15) is 0 Å². The molecule has 1 N–H and O–H groups in total. The lowest BCUT2D eigenvalue weighted by Gasteiger charge is -2.10. The molecule has 0 aliphatic heterocycles. The van der Waals surface area contributed by atoms with Crippen LogP contribution in [-0.4, -0.2) is 4.57 Å². The SMILES string of the molecule is CCCn1cc(NCc2cccc(C)c2)ccc1=O. The fourth-order valence-corrected chi connectivity index (χ4v) is 2.08. The van der Waals surface area contributed by atoms with Crippen molar-refractivity contribution in [1.82, 2.24) is 4.57 Å². The van der Waals surface area contributed by atoms with Crippen LogP contribution in [0.15, 0.2) is 47.4 Å². The summed E-state index contributed by atoms with van der Waals surface area (Å²) in [5.41, 5.74) is 3.54. The number of hydrogen-bond acceptors (Lipinski definition) is 2. The quantitative estimate of drug-likeness (QED) is 0.891. The Labute approximate surface area is 113 Å². The van der Waals surface area contributed by atoms with Gasteiger partial charge in [0, 0.05) is 25.4 Å². The first-order valence-corrected chi connectivity index (χ1v) is 6.69. The number of nitrogens with one attached hydrogen (secondary N) is 1. The van der Waals surface area contributed by atoms with E-state index < -0.39 is 0 Å². The number of pyridine rings is 1. The molecule has 1 aromatic carbocycles. The third kappa shape index (κ3) is 3.71. The van der Waals surface area contributed by atoms with Gasteiger partial charge in [-0.3, -0.25) is 4.79 Å². The van der Waals surface area contributed by atoms with Gasteiger partial charge < -0.3 is 9.88 Å². The van der Waals surface area contributed by atoms with Crippen LogP contribution in [0.1, 0.15) is 24.5 Å². The number of nitrogens with zero attached hydrogens (tertiary/aromatic N) is 1. The smallest absolute Gasteiger partial charge is 0.250 e. The van der Waals surface area contributed by atoms with E-state index >= 15 is 0 Å². The number of anilines is 1. The standard InChI is InChI=1S/C16H20N2O/c1-3-9-18-12-15(7-8-16(18)19)17-11-14-6-4-5-13(2)10-14/h4-8,10,12,17H,3,9,11H2,1-2H3. The third-order valence-electron chi connectivity index (χ3n) is 3.03. The van der Waals surface area contributed by atoms with E-state index in [-0.39, 0.29) is 5.56 Å². The second kappa shape index (κ2) is 6.23. The maximum absolute atomic E-state index is 11.6. The van der Waals surface area contributed by atoms with Crippen molar-refractivity contribution in [2.24, 2.45) is 0 Å². The third-order valence-corrected chi connectivity index (χ3v) is 3.03. The van der Waals surface area contributed by atoms with Gasteiger partial charge in [0.05, 0.1) is 5.69 Å². The van der Waals surface area contributed by atoms with Gasteiger partial charge in [-0.15, -0.1) is 0 Å². The first-order chi connectivity index (χ1) is 9.19. The lowest BCUT2D eigenvalue weighted by atomic mass is 10.1. The molecule has 0 unspecified atom stereocenters. The Bertz CT molecular complexity index is 602. The number of rotatable bonds is 5. The molecule has 2 aromatic rings. The predicted octanol–water partition coefficient (Wildman–Crippen LogP) is 3.18. The van der Waals surface area contributed by atoms with E-state index in [0.29, 0.717) is 0 Å². The largest absolute Gasteiger partial charge is 0.380 e. The second-order valence-electron chi connectivity index (χ2n) is 4.79. The van der Waals surface area contributed by atoms with Crippen LogP contribution in [-0.2, 0) is 13.1 Å². The van der Waals surface area contributed by atoms with Crippen molar-refractivity contribution in [1.29, 1.82) is 0 Å². The highest BCUT2D eigenvalue weighted by atomic mass is 16.1. The van der Waals surface area contributed by atoms with Crippen LogP contribution in [0.5, 0.6) is 0 Å². The molecule has 0 bridgehead atoms. The molecule has 0 aliphatic rings. The van der Waals surface area contributed by atoms with Gasteiger partial charge in [-0.25, -0.2) is 0 Å². The Kier molecular flexibility index (Phi) is 4.39. The lowest BCUT2D eigenvalue weighted by molar-refractivity contribution is 0.655. The van der Waals surface area contributed by atoms with Gasteiger partial charge in [-0.2, -0.15) is 0 Å². The molecule has 3 nitrogen and oxygen atoms in total. The minimum Gasteiger partial charge on any atom is -0.380 e. The Morgan fingerprint density at radius 1 is 1.21 bits per heavy atom.